The van der Waals surface area contributed by atoms with Crippen molar-refractivity contribution in [3.05, 3.63) is 76.3 Å². The summed E-state index contributed by atoms with van der Waals surface area (Å²) in [5, 5.41) is 10.9. The van der Waals surface area contributed by atoms with Crippen LogP contribution in [0.1, 0.15) is 30.6 Å². The van der Waals surface area contributed by atoms with Gasteiger partial charge in [0.05, 0.1) is 27.4 Å². The molecular formula is C25H28BrO6P. The minimum atomic E-state index is -3.74. The summed E-state index contributed by atoms with van der Waals surface area (Å²) in [6.07, 6.45) is 0. The van der Waals surface area contributed by atoms with E-state index in [1.807, 2.05) is 36.4 Å². The van der Waals surface area contributed by atoms with Gasteiger partial charge < -0.3 is 23.6 Å². The van der Waals surface area contributed by atoms with Crippen LogP contribution in [0.4, 0.5) is 0 Å². The average molecular weight is 535 g/mol. The Balaban J connectivity index is 2.25. The molecule has 0 spiro atoms. The van der Waals surface area contributed by atoms with Crippen LogP contribution < -0.4 is 9.47 Å². The molecule has 33 heavy (non-hydrogen) atoms. The lowest BCUT2D eigenvalue weighted by Crippen LogP contribution is -2.09. The molecule has 0 aliphatic heterocycles. The van der Waals surface area contributed by atoms with E-state index in [0.717, 1.165) is 15.6 Å². The van der Waals surface area contributed by atoms with Gasteiger partial charge in [-0.3, -0.25) is 4.57 Å². The fourth-order valence-corrected chi connectivity index (χ4v) is 6.13. The van der Waals surface area contributed by atoms with Gasteiger partial charge in [-0.05, 0) is 66.9 Å². The topological polar surface area (TPSA) is 74.2 Å². The van der Waals surface area contributed by atoms with Gasteiger partial charge in [0.2, 0.25) is 0 Å². The molecule has 0 aliphatic carbocycles. The second-order valence-electron chi connectivity index (χ2n) is 7.17. The van der Waals surface area contributed by atoms with Gasteiger partial charge in [-0.2, -0.15) is 0 Å². The molecule has 0 bridgehead atoms. The predicted molar refractivity (Wildman–Crippen MR) is 133 cm³/mol. The number of methoxy groups -OCH3 is 2. The molecule has 0 unspecified atom stereocenters. The lowest BCUT2D eigenvalue weighted by atomic mass is 9.97. The van der Waals surface area contributed by atoms with E-state index < -0.39 is 13.3 Å². The number of phenolic OH excluding ortho intramolecular Hbond substituents is 1. The summed E-state index contributed by atoms with van der Waals surface area (Å²) >= 11 is 3.45. The lowest BCUT2D eigenvalue weighted by Gasteiger charge is -2.28. The second kappa shape index (κ2) is 11.2. The van der Waals surface area contributed by atoms with E-state index in [4.69, 9.17) is 18.5 Å². The molecule has 0 fully saturated rings. The largest absolute Gasteiger partial charge is 0.508 e. The standard InChI is InChI=1S/C25H28BrO6P/c1-5-31-33(28,32-6-2)25(19-10-14-23(29-3)24(16-19)30-4)21-15-18(9-13-22(21)27)17-7-11-20(26)12-8-17/h7-16,25,27H,5-6H2,1-4H3/t25-/m1/s1. The third-order valence-corrected chi connectivity index (χ3v) is 8.13. The van der Waals surface area contributed by atoms with E-state index in [-0.39, 0.29) is 19.0 Å². The highest BCUT2D eigenvalue weighted by Crippen LogP contribution is 2.65. The van der Waals surface area contributed by atoms with Crippen LogP contribution in [0.3, 0.4) is 0 Å². The van der Waals surface area contributed by atoms with Crippen LogP contribution >= 0.6 is 23.5 Å². The molecule has 3 aromatic rings. The van der Waals surface area contributed by atoms with Gasteiger partial charge in [-0.1, -0.05) is 40.2 Å². The lowest BCUT2D eigenvalue weighted by molar-refractivity contribution is 0.214. The Morgan fingerprint density at radius 2 is 1.45 bits per heavy atom. The predicted octanol–water partition coefficient (Wildman–Crippen LogP) is 7.19. The Morgan fingerprint density at radius 1 is 0.848 bits per heavy atom. The zero-order valence-corrected chi connectivity index (χ0v) is 21.6. The SMILES string of the molecule is CCOP(=O)(OCC)[C@H](c1ccc(OC)c(OC)c1)c1cc(-c2ccc(Br)cc2)ccc1O. The van der Waals surface area contributed by atoms with Crippen molar-refractivity contribution in [2.45, 2.75) is 19.5 Å². The highest BCUT2D eigenvalue weighted by molar-refractivity contribution is 9.10. The summed E-state index contributed by atoms with van der Waals surface area (Å²) in [6, 6.07) is 18.3. The number of aromatic hydroxyl groups is 1. The summed E-state index contributed by atoms with van der Waals surface area (Å²) < 4.78 is 37.3. The van der Waals surface area contributed by atoms with Crippen molar-refractivity contribution < 1.29 is 28.2 Å². The maximum atomic E-state index is 14.1. The zero-order valence-electron chi connectivity index (χ0n) is 19.1. The van der Waals surface area contributed by atoms with Crippen LogP contribution in [0.15, 0.2) is 65.1 Å². The maximum absolute atomic E-state index is 14.1. The van der Waals surface area contributed by atoms with Crippen LogP contribution in [0.5, 0.6) is 17.2 Å². The van der Waals surface area contributed by atoms with Gasteiger partial charge >= 0.3 is 7.60 Å². The zero-order chi connectivity index (χ0) is 24.0. The molecular weight excluding hydrogens is 507 g/mol. The van der Waals surface area contributed by atoms with Crippen molar-refractivity contribution in [1.82, 2.24) is 0 Å². The van der Waals surface area contributed by atoms with Gasteiger partial charge in [0.25, 0.3) is 0 Å². The van der Waals surface area contributed by atoms with Crippen LogP contribution in [0.25, 0.3) is 11.1 Å². The van der Waals surface area contributed by atoms with E-state index >= 15 is 0 Å². The molecule has 0 aliphatic rings. The van der Waals surface area contributed by atoms with Crippen molar-refractivity contribution >= 4 is 23.5 Å². The number of hydrogen-bond acceptors (Lipinski definition) is 6. The monoisotopic (exact) mass is 534 g/mol. The Hall–Kier alpha value is -2.31. The van der Waals surface area contributed by atoms with E-state index in [1.165, 1.54) is 7.11 Å². The third kappa shape index (κ3) is 5.61. The summed E-state index contributed by atoms with van der Waals surface area (Å²) in [5.41, 5.74) is 1.98. The Labute approximate surface area is 203 Å². The number of ether oxygens (including phenoxy) is 2. The van der Waals surface area contributed by atoms with Crippen LogP contribution in [-0.2, 0) is 13.6 Å². The van der Waals surface area contributed by atoms with E-state index in [1.54, 1.807) is 45.2 Å². The molecule has 0 aromatic heterocycles. The van der Waals surface area contributed by atoms with E-state index in [9.17, 15) is 9.67 Å². The van der Waals surface area contributed by atoms with Crippen molar-refractivity contribution in [3.8, 4) is 28.4 Å². The second-order valence-corrected chi connectivity index (χ2v) is 10.2. The van der Waals surface area contributed by atoms with E-state index in [2.05, 4.69) is 15.9 Å². The Morgan fingerprint density at radius 3 is 2.03 bits per heavy atom. The first-order chi connectivity index (χ1) is 15.9. The first-order valence-electron chi connectivity index (χ1n) is 10.6. The summed E-state index contributed by atoms with van der Waals surface area (Å²) in [4.78, 5) is 0. The number of hydrogen-bond donors (Lipinski definition) is 1. The van der Waals surface area contributed by atoms with Gasteiger partial charge in [-0.25, -0.2) is 0 Å². The molecule has 1 atom stereocenters. The fourth-order valence-electron chi connectivity index (χ4n) is 3.70. The Bertz CT molecular complexity index is 1120. The molecule has 0 saturated carbocycles. The summed E-state index contributed by atoms with van der Waals surface area (Å²) in [5.74, 6) is 1.01. The minimum Gasteiger partial charge on any atom is -0.508 e. The van der Waals surface area contributed by atoms with Crippen LogP contribution in [0.2, 0.25) is 0 Å². The minimum absolute atomic E-state index is 0.00437. The first-order valence-corrected chi connectivity index (χ1v) is 13.0. The van der Waals surface area contributed by atoms with Gasteiger partial charge in [0.15, 0.2) is 11.5 Å². The summed E-state index contributed by atoms with van der Waals surface area (Å²) in [7, 11) is -0.653. The molecule has 176 valence electrons. The smallest absolute Gasteiger partial charge is 0.342 e. The summed E-state index contributed by atoms with van der Waals surface area (Å²) in [6.45, 7) is 3.90. The number of halogens is 1. The van der Waals surface area contributed by atoms with Gasteiger partial charge in [0.1, 0.15) is 11.4 Å². The molecule has 0 heterocycles. The van der Waals surface area contributed by atoms with Crippen molar-refractivity contribution in [3.63, 3.8) is 0 Å². The molecule has 3 aromatic carbocycles. The quantitative estimate of drug-likeness (QED) is 0.277. The van der Waals surface area contributed by atoms with Crippen molar-refractivity contribution in [1.29, 1.82) is 0 Å². The molecule has 1 N–H and O–H groups in total. The van der Waals surface area contributed by atoms with Gasteiger partial charge in [0, 0.05) is 10.0 Å². The van der Waals surface area contributed by atoms with Crippen LogP contribution in [-0.4, -0.2) is 32.5 Å². The average Bonchev–Trinajstić information content (AvgIpc) is 2.81. The third-order valence-electron chi connectivity index (χ3n) is 5.16. The number of rotatable bonds is 10. The highest BCUT2D eigenvalue weighted by Gasteiger charge is 2.40. The molecule has 6 nitrogen and oxygen atoms in total. The Kier molecular flexibility index (Phi) is 8.60. The number of phenols is 1. The number of benzene rings is 3. The molecule has 0 radical (unpaired) electrons. The molecule has 0 saturated heterocycles. The first kappa shape index (κ1) is 25.3. The highest BCUT2D eigenvalue weighted by atomic mass is 79.9. The van der Waals surface area contributed by atoms with Crippen LogP contribution in [0, 0.1) is 0 Å². The molecule has 0 amide bonds. The maximum Gasteiger partial charge on any atom is 0.342 e. The van der Waals surface area contributed by atoms with E-state index in [0.29, 0.717) is 22.6 Å². The normalized spacial score (nSPS) is 12.4. The van der Waals surface area contributed by atoms with Crippen molar-refractivity contribution in [2.75, 3.05) is 27.4 Å². The fraction of sp³-hybridized carbons (Fsp3) is 0.280. The van der Waals surface area contributed by atoms with Crippen molar-refractivity contribution in [2.24, 2.45) is 0 Å². The van der Waals surface area contributed by atoms with Gasteiger partial charge in [-0.15, -0.1) is 0 Å². The molecule has 8 heteroatoms. The molecule has 3 rings (SSSR count).